The Kier molecular flexibility index (Phi) is 3.86. The number of allylic oxidation sites excluding steroid dienone is 3. The molecule has 1 aromatic carbocycles. The van der Waals surface area contributed by atoms with Gasteiger partial charge in [0.2, 0.25) is 0 Å². The Labute approximate surface area is 138 Å². The van der Waals surface area contributed by atoms with Gasteiger partial charge in [0.15, 0.2) is 0 Å². The van der Waals surface area contributed by atoms with Crippen LogP contribution >= 0.6 is 0 Å². The average Bonchev–Trinajstić information content (AvgIpc) is 2.62. The van der Waals surface area contributed by atoms with Crippen LogP contribution in [0.2, 0.25) is 0 Å². The first-order chi connectivity index (χ1) is 11.3. The van der Waals surface area contributed by atoms with E-state index in [1.165, 1.54) is 30.4 Å². The van der Waals surface area contributed by atoms with Gasteiger partial charge in [-0.15, -0.1) is 5.10 Å². The predicted molar refractivity (Wildman–Crippen MR) is 95.8 cm³/mol. The number of fused-ring (bicyclic) bond motifs is 1. The van der Waals surface area contributed by atoms with Crippen LogP contribution in [0.15, 0.2) is 58.8 Å². The van der Waals surface area contributed by atoms with Gasteiger partial charge in [0.05, 0.1) is 5.71 Å². The summed E-state index contributed by atoms with van der Waals surface area (Å²) in [5.74, 6) is 1.79. The fraction of sp³-hybridized carbons (Fsp3) is 0.400. The number of likely N-dealkylation sites (tertiary alicyclic amines) is 1. The summed E-state index contributed by atoms with van der Waals surface area (Å²) in [6, 6.07) is 8.63. The molecule has 1 aliphatic carbocycles. The molecule has 3 aliphatic rings. The maximum atomic E-state index is 4.66. The van der Waals surface area contributed by atoms with Gasteiger partial charge in [-0.3, -0.25) is 0 Å². The molecule has 2 atom stereocenters. The molecule has 1 fully saturated rings. The van der Waals surface area contributed by atoms with E-state index in [4.69, 9.17) is 0 Å². The van der Waals surface area contributed by atoms with Crippen molar-refractivity contribution in [2.75, 3.05) is 13.1 Å². The lowest BCUT2D eigenvalue weighted by molar-refractivity contribution is 0.325. The molecule has 1 saturated heterocycles. The first kappa shape index (κ1) is 14.4. The van der Waals surface area contributed by atoms with Gasteiger partial charge < -0.3 is 4.90 Å². The lowest BCUT2D eigenvalue weighted by Crippen LogP contribution is -2.44. The Morgan fingerprint density at radius 3 is 2.30 bits per heavy atom. The number of nitrogens with zero attached hydrogens (tertiary/aromatic N) is 3. The van der Waals surface area contributed by atoms with Gasteiger partial charge in [-0.1, -0.05) is 54.1 Å². The van der Waals surface area contributed by atoms with E-state index in [1.54, 1.807) is 0 Å². The van der Waals surface area contributed by atoms with Gasteiger partial charge >= 0.3 is 0 Å². The lowest BCUT2D eigenvalue weighted by atomic mass is 9.80. The van der Waals surface area contributed by atoms with Crippen molar-refractivity contribution in [3.05, 3.63) is 59.7 Å². The van der Waals surface area contributed by atoms with Gasteiger partial charge in [0.25, 0.3) is 0 Å². The molecular formula is C20H23N3. The van der Waals surface area contributed by atoms with Crippen LogP contribution in [0.3, 0.4) is 0 Å². The van der Waals surface area contributed by atoms with Crippen LogP contribution in [0.25, 0.3) is 0 Å². The molecule has 0 amide bonds. The number of hydrogen-bond acceptors (Lipinski definition) is 3. The standard InChI is InChI=1S/C20H23N3/c1-15-9-11-16(12-10-15)19-17-7-3-4-8-18(17)20(22-21-19)23-13-5-2-6-14-23/h3-4,7-12,17-18H,2,5-6,13-14H2,1H3/t17-,18+/m0/s1. The number of piperidine rings is 1. The molecule has 2 heterocycles. The van der Waals surface area contributed by atoms with E-state index in [2.05, 4.69) is 70.6 Å². The number of benzene rings is 1. The first-order valence-corrected chi connectivity index (χ1v) is 8.65. The largest absolute Gasteiger partial charge is 0.358 e. The topological polar surface area (TPSA) is 28.0 Å². The Morgan fingerprint density at radius 2 is 1.57 bits per heavy atom. The number of rotatable bonds is 1. The van der Waals surface area contributed by atoms with E-state index in [0.717, 1.165) is 24.6 Å². The van der Waals surface area contributed by atoms with E-state index in [0.29, 0.717) is 11.8 Å². The molecule has 3 nitrogen and oxygen atoms in total. The molecule has 0 saturated carbocycles. The lowest BCUT2D eigenvalue weighted by Gasteiger charge is -2.37. The number of hydrogen-bond donors (Lipinski definition) is 0. The smallest absolute Gasteiger partial charge is 0.135 e. The minimum atomic E-state index is 0.303. The molecule has 118 valence electrons. The predicted octanol–water partition coefficient (Wildman–Crippen LogP) is 3.96. The molecule has 0 bridgehead atoms. The summed E-state index contributed by atoms with van der Waals surface area (Å²) in [4.78, 5) is 2.44. The second-order valence-electron chi connectivity index (χ2n) is 6.68. The van der Waals surface area contributed by atoms with Crippen LogP contribution in [0.4, 0.5) is 0 Å². The van der Waals surface area contributed by atoms with Crippen molar-refractivity contribution in [3.8, 4) is 0 Å². The highest BCUT2D eigenvalue weighted by molar-refractivity contribution is 6.08. The summed E-state index contributed by atoms with van der Waals surface area (Å²) in [5, 5.41) is 9.31. The summed E-state index contributed by atoms with van der Waals surface area (Å²) in [6.07, 6.45) is 12.7. The quantitative estimate of drug-likeness (QED) is 0.772. The van der Waals surface area contributed by atoms with E-state index in [-0.39, 0.29) is 0 Å². The van der Waals surface area contributed by atoms with Crippen LogP contribution in [0.5, 0.6) is 0 Å². The molecule has 2 aliphatic heterocycles. The van der Waals surface area contributed by atoms with Crippen molar-refractivity contribution in [2.45, 2.75) is 26.2 Å². The van der Waals surface area contributed by atoms with Crippen LogP contribution in [0.1, 0.15) is 30.4 Å². The summed E-state index contributed by atoms with van der Waals surface area (Å²) in [5.41, 5.74) is 3.56. The molecule has 0 unspecified atom stereocenters. The molecule has 1 aromatic rings. The van der Waals surface area contributed by atoms with E-state index < -0.39 is 0 Å². The minimum absolute atomic E-state index is 0.303. The Morgan fingerprint density at radius 1 is 0.870 bits per heavy atom. The summed E-state index contributed by atoms with van der Waals surface area (Å²) in [7, 11) is 0. The molecule has 0 radical (unpaired) electrons. The third-order valence-electron chi connectivity index (χ3n) is 5.04. The zero-order chi connectivity index (χ0) is 15.6. The van der Waals surface area contributed by atoms with Gasteiger partial charge in [0, 0.05) is 24.9 Å². The SMILES string of the molecule is Cc1ccc(C2=NN=C(N3CCCCC3)[C@@H]3C=CC=C[C@H]23)cc1. The van der Waals surface area contributed by atoms with Crippen LogP contribution in [-0.2, 0) is 0 Å². The van der Waals surface area contributed by atoms with Crippen LogP contribution in [-0.4, -0.2) is 29.5 Å². The zero-order valence-electron chi connectivity index (χ0n) is 13.7. The zero-order valence-corrected chi connectivity index (χ0v) is 13.7. The van der Waals surface area contributed by atoms with Crippen molar-refractivity contribution in [3.63, 3.8) is 0 Å². The molecule has 23 heavy (non-hydrogen) atoms. The normalized spacial score (nSPS) is 26.6. The molecule has 3 heteroatoms. The Hall–Kier alpha value is -2.16. The third-order valence-corrected chi connectivity index (χ3v) is 5.04. The Bertz CT molecular complexity index is 688. The van der Waals surface area contributed by atoms with Gasteiger partial charge in [-0.2, -0.15) is 5.10 Å². The van der Waals surface area contributed by atoms with Gasteiger partial charge in [0.1, 0.15) is 5.84 Å². The molecule has 0 N–H and O–H groups in total. The van der Waals surface area contributed by atoms with E-state index in [1.807, 2.05) is 0 Å². The van der Waals surface area contributed by atoms with Crippen LogP contribution in [0, 0.1) is 18.8 Å². The monoisotopic (exact) mass is 305 g/mol. The van der Waals surface area contributed by atoms with Crippen molar-refractivity contribution in [1.82, 2.24) is 4.90 Å². The van der Waals surface area contributed by atoms with Crippen molar-refractivity contribution in [1.29, 1.82) is 0 Å². The summed E-state index contributed by atoms with van der Waals surface area (Å²) in [6.45, 7) is 4.36. The molecular weight excluding hydrogens is 282 g/mol. The number of amidine groups is 1. The number of aryl methyl sites for hydroxylation is 1. The second kappa shape index (κ2) is 6.15. The summed E-state index contributed by atoms with van der Waals surface area (Å²) >= 11 is 0. The highest BCUT2D eigenvalue weighted by Crippen LogP contribution is 2.31. The van der Waals surface area contributed by atoms with Crippen molar-refractivity contribution < 1.29 is 0 Å². The van der Waals surface area contributed by atoms with Crippen molar-refractivity contribution in [2.24, 2.45) is 22.0 Å². The van der Waals surface area contributed by atoms with Crippen LogP contribution < -0.4 is 0 Å². The second-order valence-corrected chi connectivity index (χ2v) is 6.68. The van der Waals surface area contributed by atoms with Crippen molar-refractivity contribution >= 4 is 11.5 Å². The maximum absolute atomic E-state index is 4.66. The average molecular weight is 305 g/mol. The minimum Gasteiger partial charge on any atom is -0.358 e. The third kappa shape index (κ3) is 2.76. The highest BCUT2D eigenvalue weighted by atomic mass is 15.3. The molecule has 0 spiro atoms. The van der Waals surface area contributed by atoms with E-state index >= 15 is 0 Å². The summed E-state index contributed by atoms with van der Waals surface area (Å²) < 4.78 is 0. The molecule has 4 rings (SSSR count). The van der Waals surface area contributed by atoms with Gasteiger partial charge in [-0.25, -0.2) is 0 Å². The first-order valence-electron chi connectivity index (χ1n) is 8.65. The highest BCUT2D eigenvalue weighted by Gasteiger charge is 2.34. The maximum Gasteiger partial charge on any atom is 0.135 e. The Balaban J connectivity index is 1.71. The fourth-order valence-electron chi connectivity index (χ4n) is 3.73. The van der Waals surface area contributed by atoms with Gasteiger partial charge in [-0.05, 0) is 31.7 Å². The van der Waals surface area contributed by atoms with E-state index in [9.17, 15) is 0 Å². The fourth-order valence-corrected chi connectivity index (χ4v) is 3.73. The molecule has 0 aromatic heterocycles.